The van der Waals surface area contributed by atoms with Crippen LogP contribution in [0.3, 0.4) is 0 Å². The fourth-order valence-corrected chi connectivity index (χ4v) is 4.09. The minimum Gasteiger partial charge on any atom is -0.478 e. The van der Waals surface area contributed by atoms with Crippen molar-refractivity contribution in [2.75, 3.05) is 0 Å². The number of aromatic nitrogens is 2. The van der Waals surface area contributed by atoms with Gasteiger partial charge in [0.05, 0.1) is 17.5 Å². The molecular formula is C24H26N2O4S. The molecule has 3 rings (SSSR count). The molecule has 0 aliphatic heterocycles. The van der Waals surface area contributed by atoms with Gasteiger partial charge in [-0.15, -0.1) is 11.3 Å². The Morgan fingerprint density at radius 1 is 1.13 bits per heavy atom. The first-order valence-electron chi connectivity index (χ1n) is 10.3. The lowest BCUT2D eigenvalue weighted by Crippen LogP contribution is -2.10. The van der Waals surface area contributed by atoms with E-state index in [4.69, 9.17) is 5.11 Å². The van der Waals surface area contributed by atoms with Crippen molar-refractivity contribution >= 4 is 29.4 Å². The van der Waals surface area contributed by atoms with E-state index in [-0.39, 0.29) is 5.56 Å². The summed E-state index contributed by atoms with van der Waals surface area (Å²) in [6, 6.07) is 10.7. The Hall–Kier alpha value is -3.19. The second kappa shape index (κ2) is 10.7. The number of hydrogen-bond acceptors (Lipinski definition) is 4. The Balaban J connectivity index is 1.85. The zero-order valence-corrected chi connectivity index (χ0v) is 18.3. The maximum atomic E-state index is 11.8. The van der Waals surface area contributed by atoms with Crippen molar-refractivity contribution < 1.29 is 19.8 Å². The van der Waals surface area contributed by atoms with Crippen molar-refractivity contribution in [1.82, 2.24) is 9.55 Å². The molecule has 0 saturated heterocycles. The fraction of sp³-hybridized carbons (Fsp3) is 0.292. The summed E-state index contributed by atoms with van der Waals surface area (Å²) in [7, 11) is 0. The highest BCUT2D eigenvalue weighted by Crippen LogP contribution is 2.19. The van der Waals surface area contributed by atoms with Crippen LogP contribution in [0.2, 0.25) is 0 Å². The first-order valence-corrected chi connectivity index (χ1v) is 11.2. The summed E-state index contributed by atoms with van der Waals surface area (Å²) in [5, 5.41) is 20.7. The topological polar surface area (TPSA) is 92.4 Å². The highest BCUT2D eigenvalue weighted by Gasteiger charge is 2.14. The van der Waals surface area contributed by atoms with E-state index in [2.05, 4.69) is 16.5 Å². The predicted molar refractivity (Wildman–Crippen MR) is 122 cm³/mol. The molecule has 0 aliphatic carbocycles. The second-order valence-electron chi connectivity index (χ2n) is 7.34. The highest BCUT2D eigenvalue weighted by molar-refractivity contribution is 7.09. The van der Waals surface area contributed by atoms with Crippen LogP contribution in [0.5, 0.6) is 0 Å². The maximum absolute atomic E-state index is 11.8. The molecule has 2 N–H and O–H groups in total. The third-order valence-corrected chi connectivity index (χ3v) is 5.97. The number of nitrogens with zero attached hydrogens (tertiary/aromatic N) is 2. The molecule has 0 spiro atoms. The number of benzene rings is 1. The third kappa shape index (κ3) is 6.15. The molecule has 0 fully saturated rings. The Morgan fingerprint density at radius 2 is 1.90 bits per heavy atom. The van der Waals surface area contributed by atoms with Gasteiger partial charge in [-0.1, -0.05) is 31.5 Å². The van der Waals surface area contributed by atoms with Crippen LogP contribution in [-0.2, 0) is 30.6 Å². The number of carboxylic acids is 2. The first kappa shape index (κ1) is 22.5. The lowest BCUT2D eigenvalue weighted by atomic mass is 10.1. The van der Waals surface area contributed by atoms with E-state index < -0.39 is 11.9 Å². The molecule has 7 heteroatoms. The van der Waals surface area contributed by atoms with Crippen LogP contribution in [0.15, 0.2) is 53.5 Å². The molecule has 0 bridgehead atoms. The van der Waals surface area contributed by atoms with Gasteiger partial charge in [-0.3, -0.25) is 0 Å². The smallest absolute Gasteiger partial charge is 0.335 e. The van der Waals surface area contributed by atoms with Crippen LogP contribution >= 0.6 is 11.3 Å². The van der Waals surface area contributed by atoms with Gasteiger partial charge in [0, 0.05) is 29.8 Å². The number of imidazole rings is 1. The summed E-state index contributed by atoms with van der Waals surface area (Å²) in [5.74, 6) is -0.931. The highest BCUT2D eigenvalue weighted by atomic mass is 32.1. The van der Waals surface area contributed by atoms with Gasteiger partial charge < -0.3 is 14.8 Å². The Labute approximate surface area is 185 Å². The van der Waals surface area contributed by atoms with Crippen molar-refractivity contribution in [2.45, 2.75) is 45.6 Å². The number of unbranched alkanes of at least 4 members (excludes halogenated alkanes) is 1. The fourth-order valence-electron chi connectivity index (χ4n) is 3.36. The third-order valence-electron chi connectivity index (χ3n) is 5.09. The maximum Gasteiger partial charge on any atom is 0.335 e. The zero-order valence-electron chi connectivity index (χ0n) is 17.5. The standard InChI is InChI=1S/C24H26N2O4S/c1-2-3-6-22-25-16-20(14-19(24(29)30)15-21-5-4-13-31-21)26(22)12-11-17-7-9-18(10-8-17)23(27)28/h4-5,7-10,13-14,16H,2-3,6,11-12,15H2,1H3,(H,27,28)(H,29,30). The number of thiophene rings is 1. The average Bonchev–Trinajstić information content (AvgIpc) is 3.40. The number of aryl methyl sites for hydroxylation is 2. The van der Waals surface area contributed by atoms with Crippen LogP contribution in [0, 0.1) is 0 Å². The van der Waals surface area contributed by atoms with Crippen molar-refractivity contribution in [2.24, 2.45) is 0 Å². The summed E-state index contributed by atoms with van der Waals surface area (Å²) in [6.07, 6.45) is 7.42. The Bertz CT molecular complexity index is 1050. The normalized spacial score (nSPS) is 11.6. The number of carbonyl (C=O) groups is 2. The largest absolute Gasteiger partial charge is 0.478 e. The van der Waals surface area contributed by atoms with E-state index in [0.29, 0.717) is 25.0 Å². The summed E-state index contributed by atoms with van der Waals surface area (Å²) in [4.78, 5) is 28.5. The number of hydrogen-bond donors (Lipinski definition) is 2. The van der Waals surface area contributed by atoms with Crippen LogP contribution < -0.4 is 0 Å². The van der Waals surface area contributed by atoms with Gasteiger partial charge in [0.15, 0.2) is 0 Å². The van der Waals surface area contributed by atoms with E-state index >= 15 is 0 Å². The molecule has 2 heterocycles. The van der Waals surface area contributed by atoms with Crippen LogP contribution in [0.1, 0.15) is 52.1 Å². The minimum atomic E-state index is -0.942. The number of rotatable bonds is 11. The summed E-state index contributed by atoms with van der Waals surface area (Å²) in [5.41, 5.74) is 2.39. The van der Waals surface area contributed by atoms with E-state index in [1.54, 1.807) is 35.7 Å². The predicted octanol–water partition coefficient (Wildman–Crippen LogP) is 4.94. The lowest BCUT2D eigenvalue weighted by Gasteiger charge is -2.11. The molecule has 1 aromatic carbocycles. The van der Waals surface area contributed by atoms with E-state index in [1.807, 2.05) is 29.6 Å². The van der Waals surface area contributed by atoms with Gasteiger partial charge in [0.1, 0.15) is 5.82 Å². The van der Waals surface area contributed by atoms with Crippen LogP contribution in [0.25, 0.3) is 6.08 Å². The molecule has 0 radical (unpaired) electrons. The molecule has 0 amide bonds. The molecule has 3 aromatic rings. The molecule has 0 unspecified atom stereocenters. The van der Waals surface area contributed by atoms with E-state index in [0.717, 1.165) is 41.2 Å². The molecule has 31 heavy (non-hydrogen) atoms. The molecule has 162 valence electrons. The van der Waals surface area contributed by atoms with Crippen LogP contribution in [0.4, 0.5) is 0 Å². The van der Waals surface area contributed by atoms with Crippen LogP contribution in [-0.4, -0.2) is 31.7 Å². The van der Waals surface area contributed by atoms with Gasteiger partial charge in [-0.05, 0) is 48.1 Å². The van der Waals surface area contributed by atoms with Gasteiger partial charge in [0.2, 0.25) is 0 Å². The number of carboxylic acid groups (broad SMARTS) is 2. The number of aliphatic carboxylic acids is 1. The first-order chi connectivity index (χ1) is 15.0. The molecule has 0 saturated carbocycles. The van der Waals surface area contributed by atoms with Gasteiger partial charge in [-0.2, -0.15) is 0 Å². The lowest BCUT2D eigenvalue weighted by molar-refractivity contribution is -0.132. The molecule has 6 nitrogen and oxygen atoms in total. The van der Waals surface area contributed by atoms with Crippen molar-refractivity contribution in [3.8, 4) is 0 Å². The van der Waals surface area contributed by atoms with Crippen molar-refractivity contribution in [3.63, 3.8) is 0 Å². The SMILES string of the molecule is CCCCc1ncc(C=C(Cc2cccs2)C(=O)O)n1CCc1ccc(C(=O)O)cc1. The Morgan fingerprint density at radius 3 is 2.52 bits per heavy atom. The monoisotopic (exact) mass is 438 g/mol. The van der Waals surface area contributed by atoms with Gasteiger partial charge in [-0.25, -0.2) is 14.6 Å². The minimum absolute atomic E-state index is 0.262. The summed E-state index contributed by atoms with van der Waals surface area (Å²) >= 11 is 1.54. The van der Waals surface area contributed by atoms with Crippen molar-refractivity contribution in [1.29, 1.82) is 0 Å². The molecular weight excluding hydrogens is 412 g/mol. The quantitative estimate of drug-likeness (QED) is 0.414. The molecule has 0 atom stereocenters. The average molecular weight is 439 g/mol. The van der Waals surface area contributed by atoms with E-state index in [9.17, 15) is 14.7 Å². The Kier molecular flexibility index (Phi) is 7.78. The second-order valence-corrected chi connectivity index (χ2v) is 8.37. The summed E-state index contributed by atoms with van der Waals surface area (Å²) in [6.45, 7) is 2.77. The van der Waals surface area contributed by atoms with Gasteiger partial charge >= 0.3 is 11.9 Å². The van der Waals surface area contributed by atoms with E-state index in [1.165, 1.54) is 0 Å². The zero-order chi connectivity index (χ0) is 22.2. The van der Waals surface area contributed by atoms with Gasteiger partial charge in [0.25, 0.3) is 0 Å². The molecule has 0 aliphatic rings. The summed E-state index contributed by atoms with van der Waals surface area (Å²) < 4.78 is 2.08. The molecule has 2 aromatic heterocycles. The van der Waals surface area contributed by atoms with Crippen molar-refractivity contribution in [3.05, 3.63) is 81.1 Å². The number of aromatic carboxylic acids is 1.